The molecule has 0 aliphatic rings. The molecule has 1 amide bonds. The number of benzene rings is 3. The van der Waals surface area contributed by atoms with Gasteiger partial charge in [-0.3, -0.25) is 14.9 Å². The SMILES string of the molecule is Cc1ccc([N+](=O)[O-])cc1NCC(=O)Nc1ccccc1Cc1ccccc1. The normalized spacial score (nSPS) is 10.3. The van der Waals surface area contributed by atoms with Crippen molar-refractivity contribution >= 4 is 23.0 Å². The second-order valence-electron chi connectivity index (χ2n) is 6.48. The fourth-order valence-corrected chi connectivity index (χ4v) is 2.90. The third kappa shape index (κ3) is 4.94. The molecule has 3 rings (SSSR count). The van der Waals surface area contributed by atoms with E-state index in [1.165, 1.54) is 12.1 Å². The summed E-state index contributed by atoms with van der Waals surface area (Å²) in [7, 11) is 0. The van der Waals surface area contributed by atoms with Crippen LogP contribution in [0.4, 0.5) is 17.1 Å². The second kappa shape index (κ2) is 8.81. The summed E-state index contributed by atoms with van der Waals surface area (Å²) in [6.07, 6.45) is 0.717. The molecule has 0 aromatic heterocycles. The van der Waals surface area contributed by atoms with Crippen molar-refractivity contribution in [3.8, 4) is 0 Å². The smallest absolute Gasteiger partial charge is 0.271 e. The molecule has 0 unspecified atom stereocenters. The number of rotatable bonds is 7. The van der Waals surface area contributed by atoms with Crippen molar-refractivity contribution in [2.75, 3.05) is 17.2 Å². The van der Waals surface area contributed by atoms with Crippen LogP contribution >= 0.6 is 0 Å². The summed E-state index contributed by atoms with van der Waals surface area (Å²) < 4.78 is 0. The van der Waals surface area contributed by atoms with Crippen molar-refractivity contribution in [2.24, 2.45) is 0 Å². The predicted molar refractivity (Wildman–Crippen MR) is 111 cm³/mol. The maximum absolute atomic E-state index is 12.4. The minimum Gasteiger partial charge on any atom is -0.376 e. The van der Waals surface area contributed by atoms with Gasteiger partial charge in [-0.2, -0.15) is 0 Å². The Labute approximate surface area is 163 Å². The summed E-state index contributed by atoms with van der Waals surface area (Å²) in [6, 6.07) is 22.3. The highest BCUT2D eigenvalue weighted by molar-refractivity contribution is 5.94. The largest absolute Gasteiger partial charge is 0.376 e. The van der Waals surface area contributed by atoms with Crippen LogP contribution in [-0.4, -0.2) is 17.4 Å². The molecule has 0 fully saturated rings. The van der Waals surface area contributed by atoms with Gasteiger partial charge in [-0.1, -0.05) is 54.6 Å². The molecule has 0 bridgehead atoms. The van der Waals surface area contributed by atoms with Crippen molar-refractivity contribution in [1.82, 2.24) is 0 Å². The van der Waals surface area contributed by atoms with Gasteiger partial charge in [0, 0.05) is 23.5 Å². The zero-order valence-electron chi connectivity index (χ0n) is 15.5. The molecule has 0 aliphatic heterocycles. The lowest BCUT2D eigenvalue weighted by molar-refractivity contribution is -0.384. The fraction of sp³-hybridized carbons (Fsp3) is 0.136. The van der Waals surface area contributed by atoms with E-state index in [4.69, 9.17) is 0 Å². The maximum Gasteiger partial charge on any atom is 0.271 e. The topological polar surface area (TPSA) is 84.3 Å². The first-order chi connectivity index (χ1) is 13.5. The number of anilines is 2. The number of non-ortho nitro benzene ring substituents is 1. The van der Waals surface area contributed by atoms with E-state index in [1.807, 2.05) is 61.5 Å². The molecule has 3 aromatic rings. The van der Waals surface area contributed by atoms with Crippen LogP contribution < -0.4 is 10.6 Å². The molecule has 6 heteroatoms. The van der Waals surface area contributed by atoms with Crippen molar-refractivity contribution in [2.45, 2.75) is 13.3 Å². The van der Waals surface area contributed by atoms with E-state index >= 15 is 0 Å². The Morgan fingerprint density at radius 2 is 1.68 bits per heavy atom. The molecule has 0 saturated carbocycles. The molecular formula is C22H21N3O3. The van der Waals surface area contributed by atoms with Gasteiger partial charge < -0.3 is 10.6 Å². The lowest BCUT2D eigenvalue weighted by atomic mass is 10.0. The van der Waals surface area contributed by atoms with Crippen LogP contribution in [0.5, 0.6) is 0 Å². The van der Waals surface area contributed by atoms with E-state index in [1.54, 1.807) is 6.07 Å². The van der Waals surface area contributed by atoms with Gasteiger partial charge >= 0.3 is 0 Å². The molecule has 0 saturated heterocycles. The standard InChI is InChI=1S/C22H21N3O3/c1-16-11-12-19(25(27)28)14-21(16)23-15-22(26)24-20-10-6-5-9-18(20)13-17-7-3-2-4-8-17/h2-12,14,23H,13,15H2,1H3,(H,24,26). The highest BCUT2D eigenvalue weighted by Gasteiger charge is 2.11. The molecule has 3 aromatic carbocycles. The summed E-state index contributed by atoms with van der Waals surface area (Å²) >= 11 is 0. The number of para-hydroxylation sites is 1. The van der Waals surface area contributed by atoms with Crippen molar-refractivity contribution in [3.05, 3.63) is 99.6 Å². The van der Waals surface area contributed by atoms with Crippen LogP contribution in [0.1, 0.15) is 16.7 Å². The van der Waals surface area contributed by atoms with Crippen LogP contribution in [0.2, 0.25) is 0 Å². The summed E-state index contributed by atoms with van der Waals surface area (Å²) in [4.78, 5) is 22.9. The Hall–Kier alpha value is -3.67. The van der Waals surface area contributed by atoms with Crippen LogP contribution in [-0.2, 0) is 11.2 Å². The molecule has 28 heavy (non-hydrogen) atoms. The number of carbonyl (C=O) groups is 1. The zero-order valence-corrected chi connectivity index (χ0v) is 15.5. The number of amides is 1. The number of nitro groups is 1. The van der Waals surface area contributed by atoms with Crippen LogP contribution in [0.25, 0.3) is 0 Å². The minimum atomic E-state index is -0.454. The number of nitrogens with zero attached hydrogens (tertiary/aromatic N) is 1. The lowest BCUT2D eigenvalue weighted by Gasteiger charge is -2.13. The average molecular weight is 375 g/mol. The van der Waals surface area contributed by atoms with Crippen molar-refractivity contribution in [1.29, 1.82) is 0 Å². The maximum atomic E-state index is 12.4. The molecule has 0 radical (unpaired) electrons. The number of carbonyl (C=O) groups excluding carboxylic acids is 1. The van der Waals surface area contributed by atoms with Gasteiger partial charge in [0.1, 0.15) is 0 Å². The van der Waals surface area contributed by atoms with Gasteiger partial charge in [-0.15, -0.1) is 0 Å². The molecule has 142 valence electrons. The van der Waals surface area contributed by atoms with Crippen molar-refractivity contribution in [3.63, 3.8) is 0 Å². The predicted octanol–water partition coefficient (Wildman–Crippen LogP) is 4.54. The molecule has 0 spiro atoms. The van der Waals surface area contributed by atoms with Gasteiger partial charge in [-0.05, 0) is 36.1 Å². The van der Waals surface area contributed by atoms with E-state index < -0.39 is 4.92 Å². The van der Waals surface area contributed by atoms with Crippen molar-refractivity contribution < 1.29 is 9.72 Å². The number of hydrogen-bond acceptors (Lipinski definition) is 4. The molecule has 0 heterocycles. The van der Waals surface area contributed by atoms with Gasteiger partial charge in [-0.25, -0.2) is 0 Å². The van der Waals surface area contributed by atoms with Gasteiger partial charge in [0.25, 0.3) is 5.69 Å². The third-order valence-electron chi connectivity index (χ3n) is 4.40. The molecule has 0 atom stereocenters. The summed E-state index contributed by atoms with van der Waals surface area (Å²) in [5, 5.41) is 16.8. The summed E-state index contributed by atoms with van der Waals surface area (Å²) in [5.74, 6) is -0.216. The first kappa shape index (κ1) is 19.1. The summed E-state index contributed by atoms with van der Waals surface area (Å²) in [5.41, 5.74) is 4.34. The Balaban J connectivity index is 1.66. The molecular weight excluding hydrogens is 354 g/mol. The number of nitro benzene ring substituents is 1. The van der Waals surface area contributed by atoms with E-state index in [9.17, 15) is 14.9 Å². The van der Waals surface area contributed by atoms with Gasteiger partial charge in [0.05, 0.1) is 11.5 Å². The summed E-state index contributed by atoms with van der Waals surface area (Å²) in [6.45, 7) is 1.85. The van der Waals surface area contributed by atoms with Crippen LogP contribution in [0.3, 0.4) is 0 Å². The van der Waals surface area contributed by atoms with Crippen LogP contribution in [0, 0.1) is 17.0 Å². The number of hydrogen-bond donors (Lipinski definition) is 2. The number of nitrogens with one attached hydrogen (secondary N) is 2. The highest BCUT2D eigenvalue weighted by atomic mass is 16.6. The van der Waals surface area contributed by atoms with Crippen LogP contribution in [0.15, 0.2) is 72.8 Å². The third-order valence-corrected chi connectivity index (χ3v) is 4.40. The molecule has 2 N–H and O–H groups in total. The first-order valence-corrected chi connectivity index (χ1v) is 8.93. The highest BCUT2D eigenvalue weighted by Crippen LogP contribution is 2.22. The molecule has 0 aliphatic carbocycles. The van der Waals surface area contributed by atoms with E-state index in [0.29, 0.717) is 12.1 Å². The zero-order chi connectivity index (χ0) is 19.9. The Kier molecular flexibility index (Phi) is 6.01. The average Bonchev–Trinajstić information content (AvgIpc) is 2.69. The van der Waals surface area contributed by atoms with E-state index in [2.05, 4.69) is 10.6 Å². The first-order valence-electron chi connectivity index (χ1n) is 8.93. The molecule has 6 nitrogen and oxygen atoms in total. The lowest BCUT2D eigenvalue weighted by Crippen LogP contribution is -2.22. The fourth-order valence-electron chi connectivity index (χ4n) is 2.90. The number of aryl methyl sites for hydroxylation is 1. The van der Waals surface area contributed by atoms with E-state index in [0.717, 1.165) is 22.4 Å². The monoisotopic (exact) mass is 375 g/mol. The van der Waals surface area contributed by atoms with Gasteiger partial charge in [0.2, 0.25) is 5.91 Å². The Bertz CT molecular complexity index is 987. The van der Waals surface area contributed by atoms with E-state index in [-0.39, 0.29) is 18.1 Å². The van der Waals surface area contributed by atoms with Gasteiger partial charge in [0.15, 0.2) is 0 Å². The Morgan fingerprint density at radius 1 is 0.964 bits per heavy atom. The quantitative estimate of drug-likeness (QED) is 0.469. The second-order valence-corrected chi connectivity index (χ2v) is 6.48. The Morgan fingerprint density at radius 3 is 2.43 bits per heavy atom. The minimum absolute atomic E-state index is 0.0123.